The fourth-order valence-electron chi connectivity index (χ4n) is 18.9. The highest BCUT2D eigenvalue weighted by Crippen LogP contribution is 2.55. The molecule has 8 rings (SSSR count). The van der Waals surface area contributed by atoms with Gasteiger partial charge in [0, 0.05) is 109 Å². The number of hydrogen-bond donors (Lipinski definition) is 5. The zero-order valence-corrected chi connectivity index (χ0v) is 55.9. The molecule has 19 nitrogen and oxygen atoms in total. The molecule has 8 fully saturated rings. The number of nitrogens with zero attached hydrogens (tertiary/aromatic N) is 6. The van der Waals surface area contributed by atoms with Gasteiger partial charge in [-0.15, -0.1) is 0 Å². The monoisotopic (exact) mass is 1160 g/mol. The Morgan fingerprint density at radius 2 is 0.585 bits per heavy atom. The topological polar surface area (TPSA) is 209 Å². The van der Waals surface area contributed by atoms with E-state index in [0.717, 1.165) is 6.54 Å². The van der Waals surface area contributed by atoms with Crippen LogP contribution in [0.5, 0.6) is 0 Å². The standard InChI is InChI=1S/C47H84N6O8.C16H30N2O3/c1-20-52-38(6,7)27-46(28-39(52,8)9)34(57)49(43(16,17)60-46)21-31(54)22-50-35(58)47(61-44(50,18)19)29-40(10,11)53(41(12,13)30-47)24-32(55)23-51-33(56)45(59-42(51,14)15)25-36(2,3)48-37(4,5)26-45;1-11(19)8-18-12(20)16(21-15(18,6)7)9-13(2,3)17-14(4,5)10-16/h31-32,48,54-55H,20-30H2,1-19H3;11,17,19H,8-10H2,1-7H3. The van der Waals surface area contributed by atoms with Gasteiger partial charge in [-0.2, -0.15) is 0 Å². The number of carbonyl (C=O) groups excluding carboxylic acids is 4. The van der Waals surface area contributed by atoms with Crippen LogP contribution < -0.4 is 10.6 Å². The highest BCUT2D eigenvalue weighted by molar-refractivity contribution is 5.90. The Labute approximate surface area is 493 Å². The number of aliphatic hydroxyl groups excluding tert-OH is 3. The van der Waals surface area contributed by atoms with Crippen molar-refractivity contribution in [2.24, 2.45) is 0 Å². The lowest BCUT2D eigenvalue weighted by molar-refractivity contribution is -0.191. The van der Waals surface area contributed by atoms with E-state index in [4.69, 9.17) is 18.9 Å². The summed E-state index contributed by atoms with van der Waals surface area (Å²) in [5.41, 5.74) is -10.3. The molecule has 8 heterocycles. The Kier molecular flexibility index (Phi) is 16.5. The Bertz CT molecular complexity index is 2410. The molecule has 5 N–H and O–H groups in total. The molecule has 472 valence electrons. The first-order valence-electron chi connectivity index (χ1n) is 30.8. The van der Waals surface area contributed by atoms with E-state index in [9.17, 15) is 34.5 Å². The number of nitrogens with one attached hydrogen (secondary N) is 2. The molecule has 8 saturated heterocycles. The third kappa shape index (κ3) is 12.3. The van der Waals surface area contributed by atoms with Gasteiger partial charge in [0.1, 0.15) is 22.9 Å². The Morgan fingerprint density at radius 3 is 0.829 bits per heavy atom. The smallest absolute Gasteiger partial charge is 0.257 e. The summed E-state index contributed by atoms with van der Waals surface area (Å²) < 4.78 is 26.6. The van der Waals surface area contributed by atoms with E-state index in [1.165, 1.54) is 0 Å². The lowest BCUT2D eigenvalue weighted by Crippen LogP contribution is -2.69. The summed E-state index contributed by atoms with van der Waals surface area (Å²) >= 11 is 0. The molecule has 0 radical (unpaired) electrons. The van der Waals surface area contributed by atoms with E-state index in [-0.39, 0.29) is 83.0 Å². The summed E-state index contributed by atoms with van der Waals surface area (Å²) in [6.07, 6.45) is 1.63. The maximum absolute atomic E-state index is 14.8. The molecule has 8 aliphatic heterocycles. The number of piperidine rings is 4. The van der Waals surface area contributed by atoms with E-state index in [1.54, 1.807) is 26.5 Å². The van der Waals surface area contributed by atoms with Crippen molar-refractivity contribution in [3.8, 4) is 0 Å². The van der Waals surface area contributed by atoms with Crippen LogP contribution in [0.3, 0.4) is 0 Å². The molecular formula is C63H114N8O11. The zero-order chi connectivity index (χ0) is 62.6. The fourth-order valence-corrected chi connectivity index (χ4v) is 18.9. The van der Waals surface area contributed by atoms with Crippen LogP contribution in [0.1, 0.15) is 231 Å². The second-order valence-corrected chi connectivity index (χ2v) is 33.8. The summed E-state index contributed by atoms with van der Waals surface area (Å²) in [5, 5.41) is 40.6. The van der Waals surface area contributed by atoms with Gasteiger partial charge in [0.2, 0.25) is 0 Å². The van der Waals surface area contributed by atoms with Gasteiger partial charge in [0.25, 0.3) is 23.6 Å². The Balaban J connectivity index is 0.000000385. The first-order chi connectivity index (χ1) is 36.5. The largest absolute Gasteiger partial charge is 0.392 e. The molecule has 82 heavy (non-hydrogen) atoms. The number of hydrogen-bond acceptors (Lipinski definition) is 15. The van der Waals surface area contributed by atoms with Gasteiger partial charge in [0.05, 0.1) is 37.9 Å². The maximum Gasteiger partial charge on any atom is 0.257 e. The molecule has 3 unspecified atom stereocenters. The van der Waals surface area contributed by atoms with Crippen molar-refractivity contribution in [2.45, 2.75) is 339 Å². The molecule has 0 bridgehead atoms. The Hall–Kier alpha value is -2.56. The third-order valence-electron chi connectivity index (χ3n) is 19.3. The molecule has 0 aromatic rings. The second-order valence-electron chi connectivity index (χ2n) is 33.8. The van der Waals surface area contributed by atoms with Crippen molar-refractivity contribution >= 4 is 23.6 Å². The molecule has 0 aromatic heterocycles. The fraction of sp³-hybridized carbons (Fsp3) is 0.937. The van der Waals surface area contributed by atoms with Crippen molar-refractivity contribution in [3.05, 3.63) is 0 Å². The van der Waals surface area contributed by atoms with E-state index in [0.29, 0.717) is 57.9 Å². The second kappa shape index (κ2) is 20.2. The van der Waals surface area contributed by atoms with E-state index in [1.807, 2.05) is 55.4 Å². The highest BCUT2D eigenvalue weighted by Gasteiger charge is 2.68. The van der Waals surface area contributed by atoms with Crippen molar-refractivity contribution < 1.29 is 53.4 Å². The molecule has 3 atom stereocenters. The van der Waals surface area contributed by atoms with Crippen LogP contribution in [0, 0.1) is 0 Å². The van der Waals surface area contributed by atoms with Crippen molar-refractivity contribution in [2.75, 3.05) is 39.3 Å². The van der Waals surface area contributed by atoms with Gasteiger partial charge in [-0.05, 0) is 180 Å². The SMILES string of the molecule is CC(O)CN1C(=O)C2(CC(C)(C)NC(C)(C)C2)OC1(C)C.CCN1C(C)(C)CC2(CC1(C)C)OC(C)(C)N(CC(O)CN1C(=O)C3(CC(C)(C)N(CC(O)CN4C(=O)C5(CC(C)(C)NC(C)(C)C5)OC4(C)C)C(C)(C)C3)OC1(C)C)C2=O. The van der Waals surface area contributed by atoms with Gasteiger partial charge >= 0.3 is 0 Å². The number of amides is 4. The number of β-amino-alcohol motifs (C(OH)–C–C–N with tert-alkyl or cyclic N) is 3. The quantitative estimate of drug-likeness (QED) is 0.147. The van der Waals surface area contributed by atoms with E-state index < -0.39 is 74.7 Å². The van der Waals surface area contributed by atoms with Gasteiger partial charge in [-0.25, -0.2) is 0 Å². The molecule has 0 saturated carbocycles. The van der Waals surface area contributed by atoms with Crippen LogP contribution >= 0.6 is 0 Å². The lowest BCUT2D eigenvalue weighted by atomic mass is 9.70. The molecule has 4 spiro atoms. The average molecular weight is 1160 g/mol. The zero-order valence-electron chi connectivity index (χ0n) is 55.9. The Morgan fingerprint density at radius 1 is 0.366 bits per heavy atom. The lowest BCUT2D eigenvalue weighted by Gasteiger charge is -2.58. The number of carbonyl (C=O) groups is 4. The predicted octanol–water partition coefficient (Wildman–Crippen LogP) is 6.62. The van der Waals surface area contributed by atoms with Crippen molar-refractivity contribution in [1.82, 2.24) is 40.0 Å². The van der Waals surface area contributed by atoms with Crippen LogP contribution in [0.25, 0.3) is 0 Å². The van der Waals surface area contributed by atoms with E-state index in [2.05, 4.69) is 138 Å². The molecular weight excluding hydrogens is 1040 g/mol. The third-order valence-corrected chi connectivity index (χ3v) is 19.3. The highest BCUT2D eigenvalue weighted by atomic mass is 16.6. The summed E-state index contributed by atoms with van der Waals surface area (Å²) in [6.45, 7) is 54.4. The van der Waals surface area contributed by atoms with Crippen LogP contribution in [-0.4, -0.2) is 216 Å². The molecule has 4 amide bonds. The van der Waals surface area contributed by atoms with Gasteiger partial charge in [0.15, 0.2) is 22.4 Å². The van der Waals surface area contributed by atoms with Gasteiger partial charge < -0.3 is 64.5 Å². The van der Waals surface area contributed by atoms with Crippen LogP contribution in [0.15, 0.2) is 0 Å². The van der Waals surface area contributed by atoms with Crippen LogP contribution in [0.4, 0.5) is 0 Å². The number of aliphatic hydroxyl groups is 3. The molecule has 19 heteroatoms. The van der Waals surface area contributed by atoms with Crippen molar-refractivity contribution in [3.63, 3.8) is 0 Å². The van der Waals surface area contributed by atoms with Gasteiger partial charge in [-0.3, -0.25) is 29.0 Å². The van der Waals surface area contributed by atoms with Crippen LogP contribution in [0.2, 0.25) is 0 Å². The minimum atomic E-state index is -1.18. The van der Waals surface area contributed by atoms with Gasteiger partial charge in [-0.1, -0.05) is 6.92 Å². The number of ether oxygens (including phenoxy) is 4. The summed E-state index contributed by atoms with van der Waals surface area (Å²) in [7, 11) is 0. The van der Waals surface area contributed by atoms with Crippen LogP contribution in [-0.2, 0) is 38.1 Å². The minimum absolute atomic E-state index is 0.0102. The van der Waals surface area contributed by atoms with E-state index >= 15 is 0 Å². The molecule has 8 aliphatic rings. The maximum atomic E-state index is 14.8. The molecule has 0 aliphatic carbocycles. The number of likely N-dealkylation sites (tertiary alicyclic amines) is 2. The number of rotatable bonds is 11. The normalized spacial score (nSPS) is 31.7. The summed E-state index contributed by atoms with van der Waals surface area (Å²) in [5.74, 6) is -0.376. The average Bonchev–Trinajstić information content (AvgIpc) is 3.65. The summed E-state index contributed by atoms with van der Waals surface area (Å²) in [4.78, 5) is 68.2. The first-order valence-corrected chi connectivity index (χ1v) is 30.8. The minimum Gasteiger partial charge on any atom is -0.392 e. The predicted molar refractivity (Wildman–Crippen MR) is 317 cm³/mol. The first kappa shape index (κ1) is 67.0. The molecule has 0 aromatic carbocycles. The van der Waals surface area contributed by atoms with Crippen molar-refractivity contribution in [1.29, 1.82) is 0 Å². The summed E-state index contributed by atoms with van der Waals surface area (Å²) in [6, 6.07) is 0.